The third-order valence-electron chi connectivity index (χ3n) is 3.46. The third-order valence-corrected chi connectivity index (χ3v) is 4.85. The molecule has 4 nitrogen and oxygen atoms in total. The zero-order valence-corrected chi connectivity index (χ0v) is 13.7. The monoisotopic (exact) mass is 375 g/mol. The lowest BCUT2D eigenvalue weighted by molar-refractivity contribution is 0.0939. The molecule has 0 bridgehead atoms. The van der Waals surface area contributed by atoms with Crippen LogP contribution in [0, 0.1) is 11.6 Å². The predicted molar refractivity (Wildman–Crippen MR) is 81.9 cm³/mol. The second-order valence-corrected chi connectivity index (χ2v) is 7.11. The summed E-state index contributed by atoms with van der Waals surface area (Å²) in [7, 11) is -4.75. The Morgan fingerprint density at radius 2 is 1.64 bits per heavy atom. The Balaban J connectivity index is 2.16. The zero-order chi connectivity index (χ0) is 18.8. The van der Waals surface area contributed by atoms with E-state index in [1.807, 2.05) is 0 Å². The van der Waals surface area contributed by atoms with E-state index in [0.29, 0.717) is 6.07 Å². The molecule has 1 atom stereocenters. The van der Waals surface area contributed by atoms with Crippen molar-refractivity contribution >= 4 is 15.7 Å². The lowest BCUT2D eigenvalue weighted by atomic mass is 10.1. The maximum atomic E-state index is 13.7. The first-order valence-corrected chi connectivity index (χ1v) is 8.55. The van der Waals surface area contributed by atoms with Gasteiger partial charge in [-0.05, 0) is 37.3 Å². The maximum Gasteiger partial charge on any atom is 0.341 e. The number of halogens is 4. The molecule has 2 aromatic rings. The molecule has 134 valence electrons. The fraction of sp³-hybridized carbons (Fsp3) is 0.188. The number of sulfone groups is 1. The number of alkyl halides is 2. The Morgan fingerprint density at radius 1 is 1.04 bits per heavy atom. The summed E-state index contributed by atoms with van der Waals surface area (Å²) in [4.78, 5) is 11.5. The van der Waals surface area contributed by atoms with Crippen molar-refractivity contribution in [3.8, 4) is 0 Å². The fourth-order valence-electron chi connectivity index (χ4n) is 2.11. The van der Waals surface area contributed by atoms with E-state index < -0.39 is 44.1 Å². The first-order valence-electron chi connectivity index (χ1n) is 7.01. The van der Waals surface area contributed by atoms with Crippen LogP contribution in [0.3, 0.4) is 0 Å². The normalized spacial score (nSPS) is 12.9. The average molecular weight is 375 g/mol. The van der Waals surface area contributed by atoms with E-state index >= 15 is 0 Å². The van der Waals surface area contributed by atoms with Crippen LogP contribution in [0.2, 0.25) is 0 Å². The fourth-order valence-corrected chi connectivity index (χ4v) is 2.83. The highest BCUT2D eigenvalue weighted by Crippen LogP contribution is 2.20. The third kappa shape index (κ3) is 4.16. The van der Waals surface area contributed by atoms with E-state index in [2.05, 4.69) is 5.32 Å². The van der Waals surface area contributed by atoms with Gasteiger partial charge < -0.3 is 5.32 Å². The van der Waals surface area contributed by atoms with Crippen LogP contribution < -0.4 is 5.32 Å². The summed E-state index contributed by atoms with van der Waals surface area (Å²) in [6.45, 7) is 1.48. The number of nitrogens with one attached hydrogen (secondary N) is 1. The average Bonchev–Trinajstić information content (AvgIpc) is 2.54. The second kappa shape index (κ2) is 7.22. The Labute approximate surface area is 141 Å². The molecule has 0 aliphatic carbocycles. The molecule has 0 spiro atoms. The molecule has 0 unspecified atom stereocenters. The molecule has 1 amide bonds. The van der Waals surface area contributed by atoms with Crippen molar-refractivity contribution in [2.75, 3.05) is 0 Å². The van der Waals surface area contributed by atoms with E-state index in [4.69, 9.17) is 0 Å². The van der Waals surface area contributed by atoms with Crippen molar-refractivity contribution in [3.05, 3.63) is 65.2 Å². The Bertz CT molecular complexity index is 883. The highest BCUT2D eigenvalue weighted by atomic mass is 32.2. The molecule has 0 saturated carbocycles. The van der Waals surface area contributed by atoms with Crippen molar-refractivity contribution in [2.45, 2.75) is 23.6 Å². The molecule has 0 radical (unpaired) electrons. The smallest absolute Gasteiger partial charge is 0.341 e. The van der Waals surface area contributed by atoms with Crippen LogP contribution in [0.1, 0.15) is 28.9 Å². The van der Waals surface area contributed by atoms with Crippen molar-refractivity contribution in [1.82, 2.24) is 5.32 Å². The number of benzene rings is 2. The van der Waals surface area contributed by atoms with Crippen molar-refractivity contribution in [2.24, 2.45) is 0 Å². The van der Waals surface area contributed by atoms with Gasteiger partial charge in [0.25, 0.3) is 5.91 Å². The van der Waals surface area contributed by atoms with Crippen LogP contribution in [-0.4, -0.2) is 20.1 Å². The van der Waals surface area contributed by atoms with Gasteiger partial charge in [0.15, 0.2) is 0 Å². The van der Waals surface area contributed by atoms with Crippen LogP contribution in [0.5, 0.6) is 0 Å². The lowest BCUT2D eigenvalue weighted by Crippen LogP contribution is -2.27. The van der Waals surface area contributed by atoms with Gasteiger partial charge in [0.1, 0.15) is 11.6 Å². The molecule has 0 heterocycles. The van der Waals surface area contributed by atoms with E-state index in [1.165, 1.54) is 13.0 Å². The molecule has 0 aliphatic heterocycles. The van der Waals surface area contributed by atoms with Gasteiger partial charge in [0.2, 0.25) is 9.84 Å². The molecular formula is C16H13F4NO3S. The number of carbonyl (C=O) groups is 1. The SMILES string of the molecule is C[C@H](NC(=O)c1ccc(S(=O)(=O)C(F)F)cc1)c1ccc(F)cc1F. The summed E-state index contributed by atoms with van der Waals surface area (Å²) in [5.41, 5.74) is 0.0641. The van der Waals surface area contributed by atoms with Gasteiger partial charge in [-0.25, -0.2) is 17.2 Å². The van der Waals surface area contributed by atoms with Crippen LogP contribution in [0.4, 0.5) is 17.6 Å². The molecule has 1 N–H and O–H groups in total. The molecule has 2 aromatic carbocycles. The number of hydrogen-bond acceptors (Lipinski definition) is 3. The van der Waals surface area contributed by atoms with Gasteiger partial charge in [-0.2, -0.15) is 8.78 Å². The summed E-state index contributed by atoms with van der Waals surface area (Å²) in [5, 5.41) is 2.45. The minimum atomic E-state index is -4.75. The van der Waals surface area contributed by atoms with Crippen molar-refractivity contribution in [3.63, 3.8) is 0 Å². The van der Waals surface area contributed by atoms with Gasteiger partial charge >= 0.3 is 5.76 Å². The number of rotatable bonds is 5. The van der Waals surface area contributed by atoms with Crippen LogP contribution >= 0.6 is 0 Å². The van der Waals surface area contributed by atoms with E-state index in [1.54, 1.807) is 0 Å². The topological polar surface area (TPSA) is 63.2 Å². The van der Waals surface area contributed by atoms with E-state index in [0.717, 1.165) is 30.3 Å². The molecule has 0 aliphatic rings. The van der Waals surface area contributed by atoms with Crippen molar-refractivity contribution < 1.29 is 30.8 Å². The van der Waals surface area contributed by atoms with Crippen molar-refractivity contribution in [1.29, 1.82) is 0 Å². The highest BCUT2D eigenvalue weighted by Gasteiger charge is 2.26. The predicted octanol–water partition coefficient (Wildman–Crippen LogP) is 3.45. The minimum absolute atomic E-state index is 0.00239. The number of hydrogen-bond donors (Lipinski definition) is 1. The van der Waals surface area contributed by atoms with Gasteiger partial charge in [0, 0.05) is 17.2 Å². The van der Waals surface area contributed by atoms with Gasteiger partial charge in [-0.15, -0.1) is 0 Å². The zero-order valence-electron chi connectivity index (χ0n) is 12.8. The Hall–Kier alpha value is -2.42. The lowest BCUT2D eigenvalue weighted by Gasteiger charge is -2.15. The second-order valence-electron chi connectivity index (χ2n) is 5.19. The summed E-state index contributed by atoms with van der Waals surface area (Å²) in [6, 6.07) is 6.04. The number of amides is 1. The molecule has 9 heteroatoms. The highest BCUT2D eigenvalue weighted by molar-refractivity contribution is 7.91. The Kier molecular flexibility index (Phi) is 5.46. The quantitative estimate of drug-likeness (QED) is 0.815. The summed E-state index contributed by atoms with van der Waals surface area (Å²) < 4.78 is 74.1. The number of carbonyl (C=O) groups excluding carboxylic acids is 1. The first kappa shape index (κ1) is 18.9. The minimum Gasteiger partial charge on any atom is -0.345 e. The summed E-state index contributed by atoms with van der Waals surface area (Å²) >= 11 is 0. The largest absolute Gasteiger partial charge is 0.345 e. The van der Waals surface area contributed by atoms with Gasteiger partial charge in [-0.3, -0.25) is 4.79 Å². The maximum absolute atomic E-state index is 13.7. The molecule has 2 rings (SSSR count). The molecular weight excluding hydrogens is 362 g/mol. The van der Waals surface area contributed by atoms with Crippen LogP contribution in [-0.2, 0) is 9.84 Å². The molecule has 25 heavy (non-hydrogen) atoms. The molecule has 0 aromatic heterocycles. The molecule has 0 saturated heterocycles. The molecule has 0 fully saturated rings. The van der Waals surface area contributed by atoms with Crippen LogP contribution in [0.25, 0.3) is 0 Å². The van der Waals surface area contributed by atoms with Crippen LogP contribution in [0.15, 0.2) is 47.4 Å². The summed E-state index contributed by atoms with van der Waals surface area (Å²) in [6.07, 6.45) is 0. The van der Waals surface area contributed by atoms with E-state index in [9.17, 15) is 30.8 Å². The first-order chi connectivity index (χ1) is 11.6. The van der Waals surface area contributed by atoms with E-state index in [-0.39, 0.29) is 11.1 Å². The Morgan fingerprint density at radius 3 is 2.16 bits per heavy atom. The van der Waals surface area contributed by atoms with Gasteiger partial charge in [-0.1, -0.05) is 6.07 Å². The standard InChI is InChI=1S/C16H13F4NO3S/c1-9(13-7-4-11(17)8-14(13)18)21-15(22)10-2-5-12(6-3-10)25(23,24)16(19)20/h2-9,16H,1H3,(H,21,22)/t9-/m0/s1. The van der Waals surface area contributed by atoms with Gasteiger partial charge in [0.05, 0.1) is 10.9 Å². The summed E-state index contributed by atoms with van der Waals surface area (Å²) in [5.74, 6) is -5.81.